The highest BCUT2D eigenvalue weighted by Crippen LogP contribution is 2.40. The van der Waals surface area contributed by atoms with Crippen LogP contribution in [0.2, 0.25) is 0 Å². The second kappa shape index (κ2) is 10.4. The van der Waals surface area contributed by atoms with Gasteiger partial charge in [-0.25, -0.2) is 0 Å². The summed E-state index contributed by atoms with van der Waals surface area (Å²) in [7, 11) is 4.76. The van der Waals surface area contributed by atoms with Crippen LogP contribution >= 0.6 is 0 Å². The number of nitrogens with one attached hydrogen (secondary N) is 1. The van der Waals surface area contributed by atoms with Crippen LogP contribution in [0.5, 0.6) is 17.2 Å². The van der Waals surface area contributed by atoms with E-state index >= 15 is 0 Å². The fourth-order valence-electron chi connectivity index (χ4n) is 3.76. The predicted octanol–water partition coefficient (Wildman–Crippen LogP) is 3.21. The van der Waals surface area contributed by atoms with E-state index in [2.05, 4.69) is 19.2 Å². The second-order valence-corrected chi connectivity index (χ2v) is 7.28. The summed E-state index contributed by atoms with van der Waals surface area (Å²) in [5.74, 6) is 2.67. The van der Waals surface area contributed by atoms with Gasteiger partial charge < -0.3 is 24.3 Å². The van der Waals surface area contributed by atoms with Crippen LogP contribution in [0.4, 0.5) is 0 Å². The standard InChI is InChI=1S/C21H33NO5/c1-14(2)19-16(7-6-12-27-19)13-22-18(23)11-9-15-8-10-17(24-3)21(26-5)20(15)25-4/h8,10,14,16,19H,6-7,9,11-13H2,1-5H3,(H,22,23). The van der Waals surface area contributed by atoms with E-state index in [-0.39, 0.29) is 12.0 Å². The molecule has 0 spiro atoms. The van der Waals surface area contributed by atoms with Gasteiger partial charge in [-0.15, -0.1) is 0 Å². The Balaban J connectivity index is 1.92. The van der Waals surface area contributed by atoms with Crippen molar-refractivity contribution in [2.45, 2.75) is 45.6 Å². The monoisotopic (exact) mass is 379 g/mol. The van der Waals surface area contributed by atoms with Gasteiger partial charge in [0, 0.05) is 25.5 Å². The number of hydrogen-bond acceptors (Lipinski definition) is 5. The first kappa shape index (κ1) is 21.4. The zero-order valence-electron chi connectivity index (χ0n) is 17.2. The van der Waals surface area contributed by atoms with E-state index in [4.69, 9.17) is 18.9 Å². The molecule has 6 heteroatoms. The van der Waals surface area contributed by atoms with Crippen LogP contribution in [0.3, 0.4) is 0 Å². The lowest BCUT2D eigenvalue weighted by Crippen LogP contribution is -2.41. The van der Waals surface area contributed by atoms with Crippen LogP contribution in [-0.4, -0.2) is 46.5 Å². The lowest BCUT2D eigenvalue weighted by Gasteiger charge is -2.34. The second-order valence-electron chi connectivity index (χ2n) is 7.28. The first-order valence-corrected chi connectivity index (χ1v) is 9.67. The molecule has 1 heterocycles. The van der Waals surface area contributed by atoms with E-state index in [0.29, 0.717) is 48.5 Å². The van der Waals surface area contributed by atoms with Gasteiger partial charge in [-0.1, -0.05) is 19.9 Å². The SMILES string of the molecule is COc1ccc(CCC(=O)NCC2CCCOC2C(C)C)c(OC)c1OC. The Bertz CT molecular complexity index is 617. The molecule has 0 aromatic heterocycles. The Labute approximate surface area is 162 Å². The zero-order valence-corrected chi connectivity index (χ0v) is 17.2. The lowest BCUT2D eigenvalue weighted by molar-refractivity contribution is -0.122. The quantitative estimate of drug-likeness (QED) is 0.714. The highest BCUT2D eigenvalue weighted by atomic mass is 16.5. The summed E-state index contributed by atoms with van der Waals surface area (Å²) in [6.45, 7) is 5.85. The number of rotatable bonds is 9. The summed E-state index contributed by atoms with van der Waals surface area (Å²) in [6, 6.07) is 3.75. The van der Waals surface area contributed by atoms with Crippen LogP contribution in [0.1, 0.15) is 38.7 Å². The van der Waals surface area contributed by atoms with E-state index in [1.165, 1.54) is 0 Å². The molecule has 27 heavy (non-hydrogen) atoms. The van der Waals surface area contributed by atoms with Crippen molar-refractivity contribution in [3.05, 3.63) is 17.7 Å². The van der Waals surface area contributed by atoms with Crippen LogP contribution in [0.25, 0.3) is 0 Å². The predicted molar refractivity (Wildman–Crippen MR) is 105 cm³/mol. The first-order chi connectivity index (χ1) is 13.0. The molecular weight excluding hydrogens is 346 g/mol. The van der Waals surface area contributed by atoms with Gasteiger partial charge in [-0.3, -0.25) is 4.79 Å². The Morgan fingerprint density at radius 1 is 1.19 bits per heavy atom. The van der Waals surface area contributed by atoms with Gasteiger partial charge in [0.15, 0.2) is 11.5 Å². The van der Waals surface area contributed by atoms with Crippen molar-refractivity contribution in [1.82, 2.24) is 5.32 Å². The molecule has 1 N–H and O–H groups in total. The molecule has 1 aromatic rings. The summed E-state index contributed by atoms with van der Waals surface area (Å²) < 4.78 is 22.1. The molecule has 1 aliphatic heterocycles. The third kappa shape index (κ3) is 5.51. The molecule has 1 aromatic carbocycles. The van der Waals surface area contributed by atoms with Crippen LogP contribution in [0.15, 0.2) is 12.1 Å². The normalized spacial score (nSPS) is 19.6. The molecule has 152 valence electrons. The van der Waals surface area contributed by atoms with Crippen LogP contribution < -0.4 is 19.5 Å². The van der Waals surface area contributed by atoms with Crippen LogP contribution in [-0.2, 0) is 16.0 Å². The van der Waals surface area contributed by atoms with Gasteiger partial charge in [0.05, 0.1) is 27.4 Å². The number of benzene rings is 1. The molecule has 0 saturated carbocycles. The molecule has 0 radical (unpaired) electrons. The summed E-state index contributed by atoms with van der Waals surface area (Å²) in [5.41, 5.74) is 0.923. The molecular formula is C21H33NO5. The molecule has 0 aliphatic carbocycles. The minimum atomic E-state index is 0.0416. The van der Waals surface area contributed by atoms with E-state index in [9.17, 15) is 4.79 Å². The molecule has 1 amide bonds. The number of carbonyl (C=O) groups excluding carboxylic acids is 1. The van der Waals surface area contributed by atoms with Crippen molar-refractivity contribution in [3.63, 3.8) is 0 Å². The summed E-state index contributed by atoms with van der Waals surface area (Å²) in [5, 5.41) is 3.08. The van der Waals surface area contributed by atoms with E-state index in [1.807, 2.05) is 12.1 Å². The van der Waals surface area contributed by atoms with Crippen molar-refractivity contribution in [1.29, 1.82) is 0 Å². The number of ether oxygens (including phenoxy) is 4. The Hall–Kier alpha value is -1.95. The Kier molecular flexibility index (Phi) is 8.23. The van der Waals surface area contributed by atoms with Crippen molar-refractivity contribution >= 4 is 5.91 Å². The van der Waals surface area contributed by atoms with E-state index in [1.54, 1.807) is 21.3 Å². The molecule has 6 nitrogen and oxygen atoms in total. The molecule has 2 unspecified atom stereocenters. The minimum Gasteiger partial charge on any atom is -0.493 e. The van der Waals surface area contributed by atoms with Gasteiger partial charge in [0.1, 0.15) is 0 Å². The summed E-state index contributed by atoms with van der Waals surface area (Å²) >= 11 is 0. The number of aryl methyl sites for hydroxylation is 1. The molecule has 2 rings (SSSR count). The van der Waals surface area contributed by atoms with Gasteiger partial charge >= 0.3 is 0 Å². The van der Waals surface area contributed by atoms with Crippen molar-refractivity contribution in [2.75, 3.05) is 34.5 Å². The first-order valence-electron chi connectivity index (χ1n) is 9.67. The largest absolute Gasteiger partial charge is 0.493 e. The van der Waals surface area contributed by atoms with E-state index < -0.39 is 0 Å². The lowest BCUT2D eigenvalue weighted by atomic mass is 9.87. The van der Waals surface area contributed by atoms with Gasteiger partial charge in [0.25, 0.3) is 0 Å². The number of carbonyl (C=O) groups is 1. The number of amides is 1. The molecule has 2 atom stereocenters. The molecule has 0 bridgehead atoms. The maximum absolute atomic E-state index is 12.4. The summed E-state index contributed by atoms with van der Waals surface area (Å²) in [6.07, 6.45) is 3.36. The molecule has 1 saturated heterocycles. The highest BCUT2D eigenvalue weighted by Gasteiger charge is 2.28. The van der Waals surface area contributed by atoms with E-state index in [0.717, 1.165) is 25.0 Å². The fourth-order valence-corrected chi connectivity index (χ4v) is 3.76. The number of methoxy groups -OCH3 is 3. The number of hydrogen-bond donors (Lipinski definition) is 1. The highest BCUT2D eigenvalue weighted by molar-refractivity contribution is 5.76. The van der Waals surface area contributed by atoms with Crippen LogP contribution in [0, 0.1) is 11.8 Å². The van der Waals surface area contributed by atoms with Gasteiger partial charge in [0.2, 0.25) is 11.7 Å². The minimum absolute atomic E-state index is 0.0416. The summed E-state index contributed by atoms with van der Waals surface area (Å²) in [4.78, 5) is 12.4. The van der Waals surface area contributed by atoms with Gasteiger partial charge in [-0.05, 0) is 36.8 Å². The van der Waals surface area contributed by atoms with Crippen molar-refractivity contribution in [3.8, 4) is 17.2 Å². The molecule has 1 aliphatic rings. The third-order valence-corrected chi connectivity index (χ3v) is 5.12. The zero-order chi connectivity index (χ0) is 19.8. The average Bonchev–Trinajstić information content (AvgIpc) is 2.69. The smallest absolute Gasteiger partial charge is 0.220 e. The fraction of sp³-hybridized carbons (Fsp3) is 0.667. The van der Waals surface area contributed by atoms with Gasteiger partial charge in [-0.2, -0.15) is 0 Å². The molecule has 1 fully saturated rings. The Morgan fingerprint density at radius 3 is 2.56 bits per heavy atom. The topological polar surface area (TPSA) is 66.0 Å². The average molecular weight is 379 g/mol. The van der Waals surface area contributed by atoms with Crippen molar-refractivity contribution in [2.24, 2.45) is 11.8 Å². The third-order valence-electron chi connectivity index (χ3n) is 5.12. The van der Waals surface area contributed by atoms with Crippen molar-refractivity contribution < 1.29 is 23.7 Å². The Morgan fingerprint density at radius 2 is 1.93 bits per heavy atom. The maximum atomic E-state index is 12.4. The maximum Gasteiger partial charge on any atom is 0.220 e.